The summed E-state index contributed by atoms with van der Waals surface area (Å²) in [6, 6.07) is 13.0. The minimum absolute atomic E-state index is 0.374. The van der Waals surface area contributed by atoms with E-state index >= 15 is 0 Å². The molecular formula is C20H17FN4O3. The first-order valence-corrected chi connectivity index (χ1v) is 9.00. The number of halogens is 1. The maximum atomic E-state index is 14.7. The standard InChI is InChI=1S/C20H17FN4O3/c21-15-13-14(25-11-12-27-20(25)26)5-6-17(15)23-7-9-24(10-8-23)19-22-16-3-1-2-4-18(16)28-19/h1-6,11-13H,7-10H2. The molecule has 0 atom stereocenters. The van der Waals surface area contributed by atoms with Crippen molar-refractivity contribution >= 4 is 22.8 Å². The molecule has 1 fully saturated rings. The Morgan fingerprint density at radius 3 is 2.50 bits per heavy atom. The molecule has 2 aromatic heterocycles. The van der Waals surface area contributed by atoms with E-state index in [0.717, 1.165) is 11.1 Å². The maximum absolute atomic E-state index is 14.7. The predicted octanol–water partition coefficient (Wildman–Crippen LogP) is 3.04. The molecule has 0 radical (unpaired) electrons. The van der Waals surface area contributed by atoms with Crippen LogP contribution in [-0.4, -0.2) is 35.7 Å². The molecule has 1 aliphatic heterocycles. The molecule has 5 rings (SSSR count). The molecule has 0 saturated carbocycles. The van der Waals surface area contributed by atoms with Crippen LogP contribution in [-0.2, 0) is 0 Å². The van der Waals surface area contributed by atoms with E-state index in [-0.39, 0.29) is 5.82 Å². The van der Waals surface area contributed by atoms with Gasteiger partial charge in [-0.05, 0) is 24.3 Å². The SMILES string of the molecule is O=c1occn1-c1ccc(N2CCN(c3nc4ccccc4o3)CC2)c(F)c1. The molecule has 0 spiro atoms. The minimum Gasteiger partial charge on any atom is -0.423 e. The Morgan fingerprint density at radius 2 is 1.79 bits per heavy atom. The van der Waals surface area contributed by atoms with Crippen molar-refractivity contribution < 1.29 is 13.2 Å². The van der Waals surface area contributed by atoms with Crippen LogP contribution < -0.4 is 15.6 Å². The number of hydrogen-bond donors (Lipinski definition) is 0. The van der Waals surface area contributed by atoms with Crippen LogP contribution in [0.2, 0.25) is 0 Å². The van der Waals surface area contributed by atoms with Crippen LogP contribution in [0.25, 0.3) is 16.8 Å². The summed E-state index contributed by atoms with van der Waals surface area (Å²) in [4.78, 5) is 20.2. The largest absolute Gasteiger partial charge is 0.423 e. The first-order valence-electron chi connectivity index (χ1n) is 9.00. The quantitative estimate of drug-likeness (QED) is 0.544. The van der Waals surface area contributed by atoms with Crippen molar-refractivity contribution in [2.24, 2.45) is 0 Å². The highest BCUT2D eigenvalue weighted by molar-refractivity contribution is 5.74. The van der Waals surface area contributed by atoms with Gasteiger partial charge in [0, 0.05) is 32.2 Å². The summed E-state index contributed by atoms with van der Waals surface area (Å²) >= 11 is 0. The van der Waals surface area contributed by atoms with Gasteiger partial charge in [0.25, 0.3) is 6.01 Å². The number of para-hydroxylation sites is 2. The summed E-state index contributed by atoms with van der Waals surface area (Å²) in [5.41, 5.74) is 2.54. The Labute approximate surface area is 159 Å². The van der Waals surface area contributed by atoms with Gasteiger partial charge in [-0.15, -0.1) is 0 Å². The van der Waals surface area contributed by atoms with Crippen LogP contribution in [0.1, 0.15) is 0 Å². The number of fused-ring (bicyclic) bond motifs is 1. The number of piperazine rings is 1. The van der Waals surface area contributed by atoms with Crippen molar-refractivity contribution in [3.63, 3.8) is 0 Å². The van der Waals surface area contributed by atoms with E-state index in [1.54, 1.807) is 12.1 Å². The molecule has 142 valence electrons. The van der Waals surface area contributed by atoms with E-state index in [9.17, 15) is 9.18 Å². The van der Waals surface area contributed by atoms with E-state index < -0.39 is 5.76 Å². The van der Waals surface area contributed by atoms with Gasteiger partial charge in [-0.3, -0.25) is 0 Å². The van der Waals surface area contributed by atoms with Crippen molar-refractivity contribution in [1.82, 2.24) is 9.55 Å². The molecule has 7 nitrogen and oxygen atoms in total. The molecule has 0 unspecified atom stereocenters. The summed E-state index contributed by atoms with van der Waals surface area (Å²) in [5.74, 6) is -0.917. The second-order valence-corrected chi connectivity index (χ2v) is 6.61. The third kappa shape index (κ3) is 2.83. The summed E-state index contributed by atoms with van der Waals surface area (Å²) in [6.07, 6.45) is 2.75. The number of nitrogens with zero attached hydrogens (tertiary/aromatic N) is 4. The van der Waals surface area contributed by atoms with Crippen LogP contribution >= 0.6 is 0 Å². The second kappa shape index (κ2) is 6.56. The molecule has 8 heteroatoms. The monoisotopic (exact) mass is 380 g/mol. The van der Waals surface area contributed by atoms with Gasteiger partial charge in [-0.1, -0.05) is 12.1 Å². The summed E-state index contributed by atoms with van der Waals surface area (Å²) in [7, 11) is 0. The fourth-order valence-corrected chi connectivity index (χ4v) is 3.49. The van der Waals surface area contributed by atoms with Gasteiger partial charge in [0.05, 0.1) is 17.6 Å². The topological polar surface area (TPSA) is 67.7 Å². The van der Waals surface area contributed by atoms with Gasteiger partial charge < -0.3 is 18.6 Å². The lowest BCUT2D eigenvalue weighted by Crippen LogP contribution is -2.47. The van der Waals surface area contributed by atoms with Crippen molar-refractivity contribution in [2.45, 2.75) is 0 Å². The fourth-order valence-electron chi connectivity index (χ4n) is 3.49. The average molecular weight is 380 g/mol. The molecule has 0 amide bonds. The van der Waals surface area contributed by atoms with Gasteiger partial charge in [0.15, 0.2) is 5.58 Å². The molecule has 0 bridgehead atoms. The zero-order valence-corrected chi connectivity index (χ0v) is 14.9. The number of aromatic nitrogens is 2. The van der Waals surface area contributed by atoms with Crippen molar-refractivity contribution in [3.8, 4) is 5.69 Å². The second-order valence-electron chi connectivity index (χ2n) is 6.61. The number of benzene rings is 2. The van der Waals surface area contributed by atoms with Crippen LogP contribution in [0.15, 0.2) is 68.6 Å². The van der Waals surface area contributed by atoms with E-state index in [4.69, 9.17) is 8.83 Å². The Hall–Kier alpha value is -3.55. The third-order valence-electron chi connectivity index (χ3n) is 4.96. The highest BCUT2D eigenvalue weighted by Crippen LogP contribution is 2.26. The van der Waals surface area contributed by atoms with Crippen LogP contribution in [0.3, 0.4) is 0 Å². The third-order valence-corrected chi connectivity index (χ3v) is 4.96. The van der Waals surface area contributed by atoms with E-state index in [1.165, 1.54) is 23.1 Å². The minimum atomic E-state index is -0.543. The number of rotatable bonds is 3. The van der Waals surface area contributed by atoms with E-state index in [1.807, 2.05) is 29.2 Å². The van der Waals surface area contributed by atoms with Gasteiger partial charge in [-0.2, -0.15) is 4.98 Å². The summed E-state index contributed by atoms with van der Waals surface area (Å²) in [5, 5.41) is 0. The van der Waals surface area contributed by atoms with Gasteiger partial charge >= 0.3 is 5.76 Å². The Morgan fingerprint density at radius 1 is 1.00 bits per heavy atom. The molecule has 0 N–H and O–H groups in total. The van der Waals surface area contributed by atoms with Crippen LogP contribution in [0, 0.1) is 5.82 Å². The molecule has 2 aromatic carbocycles. The number of oxazole rings is 2. The van der Waals surface area contributed by atoms with Gasteiger partial charge in [-0.25, -0.2) is 13.8 Å². The Balaban J connectivity index is 1.32. The lowest BCUT2D eigenvalue weighted by Gasteiger charge is -2.35. The van der Waals surface area contributed by atoms with Crippen molar-refractivity contribution in [2.75, 3.05) is 36.0 Å². The molecule has 4 aromatic rings. The van der Waals surface area contributed by atoms with E-state index in [2.05, 4.69) is 9.88 Å². The van der Waals surface area contributed by atoms with Crippen LogP contribution in [0.4, 0.5) is 16.1 Å². The van der Waals surface area contributed by atoms with Crippen LogP contribution in [0.5, 0.6) is 0 Å². The lowest BCUT2D eigenvalue weighted by atomic mass is 10.2. The first kappa shape index (κ1) is 16.6. The first-order chi connectivity index (χ1) is 13.7. The zero-order valence-electron chi connectivity index (χ0n) is 14.9. The molecule has 0 aliphatic carbocycles. The summed E-state index contributed by atoms with van der Waals surface area (Å²) < 4.78 is 26.5. The summed E-state index contributed by atoms with van der Waals surface area (Å²) in [6.45, 7) is 2.63. The average Bonchev–Trinajstić information content (AvgIpc) is 3.34. The number of anilines is 2. The zero-order chi connectivity index (χ0) is 19.1. The molecule has 28 heavy (non-hydrogen) atoms. The molecular weight excluding hydrogens is 363 g/mol. The fraction of sp³-hybridized carbons (Fsp3) is 0.200. The highest BCUT2D eigenvalue weighted by Gasteiger charge is 2.23. The molecule has 1 aliphatic rings. The number of hydrogen-bond acceptors (Lipinski definition) is 6. The van der Waals surface area contributed by atoms with Crippen molar-refractivity contribution in [1.29, 1.82) is 0 Å². The van der Waals surface area contributed by atoms with Gasteiger partial charge in [0.2, 0.25) is 0 Å². The maximum Gasteiger partial charge on any atom is 0.423 e. The van der Waals surface area contributed by atoms with E-state index in [0.29, 0.717) is 43.6 Å². The Kier molecular flexibility index (Phi) is 3.89. The smallest absolute Gasteiger partial charge is 0.423 e. The normalized spacial score (nSPS) is 14.8. The highest BCUT2D eigenvalue weighted by atomic mass is 19.1. The molecule has 3 heterocycles. The van der Waals surface area contributed by atoms with Crippen molar-refractivity contribution in [3.05, 3.63) is 71.3 Å². The molecule has 1 saturated heterocycles. The lowest BCUT2D eigenvalue weighted by molar-refractivity contribution is 0.503. The predicted molar refractivity (Wildman–Crippen MR) is 103 cm³/mol. The Bertz CT molecular complexity index is 1150. The van der Waals surface area contributed by atoms with Gasteiger partial charge in [0.1, 0.15) is 17.6 Å².